The van der Waals surface area contributed by atoms with Crippen molar-refractivity contribution in [3.8, 4) is 0 Å². The topological polar surface area (TPSA) is 155 Å². The smallest absolute Gasteiger partial charge is 0.462 e. The second-order valence-corrected chi connectivity index (χ2v) is 15.1. The fraction of sp³-hybridized carbons (Fsp3) is 0.574. The van der Waals surface area contributed by atoms with Gasteiger partial charge in [0.1, 0.15) is 6.61 Å². The highest BCUT2D eigenvalue weighted by Gasteiger charge is 2.26. The van der Waals surface area contributed by atoms with Gasteiger partial charge in [-0.15, -0.1) is 0 Å². The van der Waals surface area contributed by atoms with E-state index in [1.165, 1.54) is 25.7 Å². The average Bonchev–Trinajstić information content (AvgIpc) is 3.20. The molecule has 2 unspecified atom stereocenters. The fourth-order valence-electron chi connectivity index (χ4n) is 5.06. The van der Waals surface area contributed by atoms with Crippen molar-refractivity contribution in [3.63, 3.8) is 0 Å². The molecule has 0 fully saturated rings. The lowest BCUT2D eigenvalue weighted by atomic mass is 10.1. The van der Waals surface area contributed by atoms with Crippen molar-refractivity contribution in [2.75, 3.05) is 26.4 Å². The van der Waals surface area contributed by atoms with Gasteiger partial charge in [-0.3, -0.25) is 18.6 Å². The van der Waals surface area contributed by atoms with Crippen molar-refractivity contribution in [1.82, 2.24) is 0 Å². The molecule has 0 heterocycles. The number of aliphatic hydroxyl groups is 1. The standard InChI is InChI=1S/C47H76NO9P/c1-3-5-7-9-11-13-15-17-18-19-20-21-22-24-26-28-30-32-34-38-47(51)57-45(43-56-58(52,53)55-41-40-48)42-54-46(50)39-35-37-44(49)36-33-31-29-27-25-23-16-14-12-10-8-6-4-2/h6,8,11-14,17-18,20-21,23-26,29,31,33,36,44-45,49H,3-5,7,9-10,15-16,19,22,27-28,30,32,34-35,37-43,48H2,1-2H3,(H,52,53)/b8-6-,13-11-,14-12-,18-17-,21-20-,25-23-,26-24-,31-29-,36-33+/t44?,45-/m1/s1. The Morgan fingerprint density at radius 2 is 1.16 bits per heavy atom. The zero-order chi connectivity index (χ0) is 42.6. The third kappa shape index (κ3) is 40.8. The Bertz CT molecular complexity index is 1330. The normalized spacial score (nSPS) is 14.9. The fourth-order valence-corrected chi connectivity index (χ4v) is 5.82. The zero-order valence-electron chi connectivity index (χ0n) is 35.6. The maximum absolute atomic E-state index is 12.6. The number of unbranched alkanes of at least 4 members (excludes halogenated alkanes) is 6. The Labute approximate surface area is 351 Å². The number of phosphoric acid groups is 1. The summed E-state index contributed by atoms with van der Waals surface area (Å²) in [6.07, 6.45) is 51.5. The maximum atomic E-state index is 12.6. The molecule has 0 aliphatic rings. The predicted molar refractivity (Wildman–Crippen MR) is 239 cm³/mol. The van der Waals surface area contributed by atoms with E-state index >= 15 is 0 Å². The summed E-state index contributed by atoms with van der Waals surface area (Å²) in [5.74, 6) is -1.08. The Hall–Kier alpha value is -3.37. The van der Waals surface area contributed by atoms with Crippen LogP contribution in [0, 0.1) is 0 Å². The van der Waals surface area contributed by atoms with E-state index in [1.54, 1.807) is 12.2 Å². The molecule has 0 radical (unpaired) electrons. The van der Waals surface area contributed by atoms with Gasteiger partial charge in [0.2, 0.25) is 0 Å². The molecule has 0 bridgehead atoms. The highest BCUT2D eigenvalue weighted by molar-refractivity contribution is 7.47. The van der Waals surface area contributed by atoms with Crippen LogP contribution in [0.4, 0.5) is 0 Å². The summed E-state index contributed by atoms with van der Waals surface area (Å²) >= 11 is 0. The largest absolute Gasteiger partial charge is 0.472 e. The summed E-state index contributed by atoms with van der Waals surface area (Å²) in [6, 6.07) is 0. The van der Waals surface area contributed by atoms with Gasteiger partial charge in [0.25, 0.3) is 0 Å². The van der Waals surface area contributed by atoms with Gasteiger partial charge in [-0.2, -0.15) is 0 Å². The van der Waals surface area contributed by atoms with Crippen molar-refractivity contribution in [2.45, 2.75) is 148 Å². The summed E-state index contributed by atoms with van der Waals surface area (Å²) in [7, 11) is -4.44. The van der Waals surface area contributed by atoms with E-state index in [1.807, 2.05) is 12.2 Å². The number of nitrogens with two attached hydrogens (primary N) is 1. The van der Waals surface area contributed by atoms with Gasteiger partial charge in [-0.25, -0.2) is 4.57 Å². The molecule has 0 aromatic heterocycles. The molecule has 0 aliphatic heterocycles. The number of allylic oxidation sites excluding steroid dienone is 17. The van der Waals surface area contributed by atoms with Crippen molar-refractivity contribution < 1.29 is 42.7 Å². The first-order chi connectivity index (χ1) is 28.2. The van der Waals surface area contributed by atoms with Gasteiger partial charge in [0, 0.05) is 19.4 Å². The van der Waals surface area contributed by atoms with E-state index in [0.717, 1.165) is 64.2 Å². The van der Waals surface area contributed by atoms with Crippen LogP contribution in [0.2, 0.25) is 0 Å². The number of aliphatic hydroxyl groups excluding tert-OH is 1. The minimum absolute atomic E-state index is 0.0152. The summed E-state index contributed by atoms with van der Waals surface area (Å²) in [5, 5.41) is 10.2. The lowest BCUT2D eigenvalue weighted by Crippen LogP contribution is -2.29. The van der Waals surface area contributed by atoms with Crippen LogP contribution in [-0.2, 0) is 32.7 Å². The van der Waals surface area contributed by atoms with E-state index < -0.39 is 38.6 Å². The van der Waals surface area contributed by atoms with Crippen LogP contribution in [0.1, 0.15) is 136 Å². The van der Waals surface area contributed by atoms with Crippen LogP contribution >= 0.6 is 7.82 Å². The van der Waals surface area contributed by atoms with Gasteiger partial charge in [-0.05, 0) is 89.9 Å². The number of ether oxygens (including phenoxy) is 2. The minimum atomic E-state index is -4.44. The molecule has 11 heteroatoms. The van der Waals surface area contributed by atoms with Crippen molar-refractivity contribution in [2.24, 2.45) is 5.73 Å². The van der Waals surface area contributed by atoms with E-state index in [4.69, 9.17) is 24.3 Å². The van der Waals surface area contributed by atoms with Crippen molar-refractivity contribution in [3.05, 3.63) is 109 Å². The molecule has 0 amide bonds. The van der Waals surface area contributed by atoms with Gasteiger partial charge < -0.3 is 25.2 Å². The first-order valence-corrected chi connectivity index (χ1v) is 23.0. The molecule has 0 spiro atoms. The third-order valence-electron chi connectivity index (χ3n) is 8.25. The minimum Gasteiger partial charge on any atom is -0.462 e. The molecule has 0 aromatic rings. The molecular formula is C47H76NO9P. The van der Waals surface area contributed by atoms with Crippen LogP contribution in [-0.4, -0.2) is 60.5 Å². The summed E-state index contributed by atoms with van der Waals surface area (Å²) in [5.41, 5.74) is 5.33. The van der Waals surface area contributed by atoms with Gasteiger partial charge in [-0.1, -0.05) is 142 Å². The molecular weight excluding hydrogens is 753 g/mol. The first-order valence-electron chi connectivity index (χ1n) is 21.5. The highest BCUT2D eigenvalue weighted by Crippen LogP contribution is 2.43. The molecule has 0 saturated heterocycles. The Kier molecular flexibility index (Phi) is 39.4. The Balaban J connectivity index is 4.45. The number of phosphoric ester groups is 1. The lowest BCUT2D eigenvalue weighted by molar-refractivity contribution is -0.161. The SMILES string of the molecule is CC/C=C\C/C=C\C/C=C\C/C=C\C=C\C(O)CCCC(=O)OC[C@H](COP(=O)(O)OCCN)OC(=O)CCCCC/C=C\C/C=C\C/C=C\C/C=C\CCCCC. The van der Waals surface area contributed by atoms with Crippen LogP contribution in [0.3, 0.4) is 0 Å². The Morgan fingerprint density at radius 1 is 0.621 bits per heavy atom. The third-order valence-corrected chi connectivity index (χ3v) is 9.23. The second kappa shape index (κ2) is 41.8. The highest BCUT2D eigenvalue weighted by atomic mass is 31.2. The van der Waals surface area contributed by atoms with Gasteiger partial charge in [0.15, 0.2) is 6.10 Å². The van der Waals surface area contributed by atoms with Crippen molar-refractivity contribution in [1.29, 1.82) is 0 Å². The van der Waals surface area contributed by atoms with Gasteiger partial charge in [0.05, 0.1) is 19.3 Å². The van der Waals surface area contributed by atoms with E-state index in [2.05, 4.69) is 98.9 Å². The molecule has 0 aliphatic carbocycles. The molecule has 0 aromatic carbocycles. The molecule has 10 nitrogen and oxygen atoms in total. The number of carbonyl (C=O) groups is 2. The number of rotatable bonds is 38. The van der Waals surface area contributed by atoms with E-state index in [-0.39, 0.29) is 32.6 Å². The predicted octanol–water partition coefficient (Wildman–Crippen LogP) is 11.4. The summed E-state index contributed by atoms with van der Waals surface area (Å²) in [4.78, 5) is 34.9. The van der Waals surface area contributed by atoms with Crippen LogP contribution in [0.25, 0.3) is 0 Å². The second-order valence-electron chi connectivity index (χ2n) is 13.7. The van der Waals surface area contributed by atoms with Crippen LogP contribution in [0.5, 0.6) is 0 Å². The molecule has 3 atom stereocenters. The van der Waals surface area contributed by atoms with Gasteiger partial charge >= 0.3 is 19.8 Å². The monoisotopic (exact) mass is 830 g/mol. The van der Waals surface area contributed by atoms with Crippen molar-refractivity contribution >= 4 is 19.8 Å². The number of esters is 2. The van der Waals surface area contributed by atoms with E-state index in [0.29, 0.717) is 19.3 Å². The molecule has 58 heavy (non-hydrogen) atoms. The summed E-state index contributed by atoms with van der Waals surface area (Å²) in [6.45, 7) is 3.29. The number of hydrogen-bond acceptors (Lipinski definition) is 9. The molecule has 328 valence electrons. The van der Waals surface area contributed by atoms with E-state index in [9.17, 15) is 24.2 Å². The lowest BCUT2D eigenvalue weighted by Gasteiger charge is -2.20. The number of carbonyl (C=O) groups excluding carboxylic acids is 2. The molecule has 4 N–H and O–H groups in total. The summed E-state index contributed by atoms with van der Waals surface area (Å²) < 4.78 is 32.6. The molecule has 0 saturated carbocycles. The quantitative estimate of drug-likeness (QED) is 0.0180. The average molecular weight is 830 g/mol. The first kappa shape index (κ1) is 54.6. The zero-order valence-corrected chi connectivity index (χ0v) is 36.5. The maximum Gasteiger partial charge on any atom is 0.472 e. The van der Waals surface area contributed by atoms with Crippen LogP contribution in [0.15, 0.2) is 109 Å². The molecule has 0 rings (SSSR count). The van der Waals surface area contributed by atoms with Crippen LogP contribution < -0.4 is 5.73 Å². The Morgan fingerprint density at radius 3 is 1.72 bits per heavy atom. The number of hydrogen-bond donors (Lipinski definition) is 3.